The van der Waals surface area contributed by atoms with Gasteiger partial charge in [-0.15, -0.1) is 0 Å². The molecule has 1 aliphatic heterocycles. The molecule has 0 amide bonds. The molecule has 0 saturated heterocycles. The van der Waals surface area contributed by atoms with Crippen LogP contribution in [0.1, 0.15) is 60.9 Å². The van der Waals surface area contributed by atoms with Crippen LogP contribution in [0.15, 0.2) is 59.6 Å². The SMILES string of the molecule is CCC(C)(C)C1CN=Cc2ccc(/C=C/c3ccc4cc(C(=N)N)ccc4c3)cc21. The van der Waals surface area contributed by atoms with Crippen molar-refractivity contribution in [3.8, 4) is 0 Å². The number of nitrogens with one attached hydrogen (secondary N) is 1. The molecule has 3 aromatic carbocycles. The summed E-state index contributed by atoms with van der Waals surface area (Å²) in [7, 11) is 0. The second kappa shape index (κ2) is 7.91. The average molecular weight is 396 g/mol. The summed E-state index contributed by atoms with van der Waals surface area (Å²) < 4.78 is 0. The Morgan fingerprint density at radius 3 is 2.43 bits per heavy atom. The summed E-state index contributed by atoms with van der Waals surface area (Å²) in [5, 5.41) is 9.85. The molecule has 1 atom stereocenters. The fourth-order valence-corrected chi connectivity index (χ4v) is 4.11. The van der Waals surface area contributed by atoms with Crippen molar-refractivity contribution < 1.29 is 0 Å². The molecule has 0 aliphatic carbocycles. The van der Waals surface area contributed by atoms with Crippen LogP contribution in [0, 0.1) is 10.8 Å². The van der Waals surface area contributed by atoms with E-state index in [1.807, 2.05) is 24.4 Å². The van der Waals surface area contributed by atoms with Gasteiger partial charge >= 0.3 is 0 Å². The molecule has 0 saturated carbocycles. The van der Waals surface area contributed by atoms with Crippen LogP contribution in [0.4, 0.5) is 0 Å². The summed E-state index contributed by atoms with van der Waals surface area (Å²) in [6.07, 6.45) is 7.50. The first-order valence-corrected chi connectivity index (χ1v) is 10.6. The minimum absolute atomic E-state index is 0.0999. The van der Waals surface area contributed by atoms with Crippen LogP contribution in [0.2, 0.25) is 0 Å². The summed E-state index contributed by atoms with van der Waals surface area (Å²) >= 11 is 0. The molecule has 152 valence electrons. The molecule has 0 spiro atoms. The van der Waals surface area contributed by atoms with Crippen molar-refractivity contribution in [2.75, 3.05) is 6.54 Å². The van der Waals surface area contributed by atoms with E-state index in [2.05, 4.69) is 74.3 Å². The summed E-state index contributed by atoms with van der Waals surface area (Å²) in [5.74, 6) is 0.551. The standard InChI is InChI=1S/C27H29N3/c1-4-27(2,3)25-17-30-16-23-10-8-19(14-24(23)25)6-5-18-7-9-21-15-22(26(28)29)12-11-20(21)13-18/h5-16,25H,4,17H2,1-3H3,(H3,28,29)/b6-5+. The molecule has 0 bridgehead atoms. The van der Waals surface area contributed by atoms with Crippen LogP contribution in [0.25, 0.3) is 22.9 Å². The highest BCUT2D eigenvalue weighted by Gasteiger charge is 2.31. The molecule has 1 aliphatic rings. The summed E-state index contributed by atoms with van der Waals surface area (Å²) in [6, 6.07) is 19.0. The molecular formula is C27H29N3. The molecule has 3 nitrogen and oxygen atoms in total. The quantitative estimate of drug-likeness (QED) is 0.299. The van der Waals surface area contributed by atoms with E-state index < -0.39 is 0 Å². The first-order chi connectivity index (χ1) is 14.4. The predicted octanol–water partition coefficient (Wildman–Crippen LogP) is 6.25. The maximum Gasteiger partial charge on any atom is 0.122 e. The summed E-state index contributed by atoms with van der Waals surface area (Å²) in [4.78, 5) is 4.62. The van der Waals surface area contributed by atoms with Gasteiger partial charge in [0.25, 0.3) is 0 Å². The number of rotatable bonds is 5. The van der Waals surface area contributed by atoms with Crippen molar-refractivity contribution >= 4 is 35.0 Å². The lowest BCUT2D eigenvalue weighted by molar-refractivity contribution is 0.277. The second-order valence-corrected chi connectivity index (χ2v) is 8.85. The fourth-order valence-electron chi connectivity index (χ4n) is 4.11. The Morgan fingerprint density at radius 1 is 1.03 bits per heavy atom. The highest BCUT2D eigenvalue weighted by atomic mass is 14.7. The van der Waals surface area contributed by atoms with Gasteiger partial charge in [-0.2, -0.15) is 0 Å². The van der Waals surface area contributed by atoms with E-state index in [0.717, 1.165) is 34.9 Å². The Kier molecular flexibility index (Phi) is 5.29. The Balaban J connectivity index is 1.63. The van der Waals surface area contributed by atoms with Crippen LogP contribution >= 0.6 is 0 Å². The van der Waals surface area contributed by atoms with Crippen molar-refractivity contribution in [1.29, 1.82) is 5.41 Å². The van der Waals surface area contributed by atoms with E-state index in [1.165, 1.54) is 16.7 Å². The normalized spacial score (nSPS) is 16.2. The van der Waals surface area contributed by atoms with Crippen LogP contribution < -0.4 is 5.73 Å². The van der Waals surface area contributed by atoms with Crippen molar-refractivity contribution in [3.63, 3.8) is 0 Å². The third-order valence-electron chi connectivity index (χ3n) is 6.50. The van der Waals surface area contributed by atoms with Crippen LogP contribution in [-0.4, -0.2) is 18.6 Å². The highest BCUT2D eigenvalue weighted by molar-refractivity contribution is 5.99. The predicted molar refractivity (Wildman–Crippen MR) is 130 cm³/mol. The number of nitrogens with zero attached hydrogens (tertiary/aromatic N) is 1. The van der Waals surface area contributed by atoms with Gasteiger partial charge in [0.15, 0.2) is 0 Å². The van der Waals surface area contributed by atoms with Crippen LogP contribution in [0.5, 0.6) is 0 Å². The fraction of sp³-hybridized carbons (Fsp3) is 0.259. The maximum atomic E-state index is 7.60. The lowest BCUT2D eigenvalue weighted by Gasteiger charge is -2.35. The van der Waals surface area contributed by atoms with Crippen molar-refractivity contribution in [2.45, 2.75) is 33.1 Å². The van der Waals surface area contributed by atoms with Gasteiger partial charge in [0, 0.05) is 24.2 Å². The van der Waals surface area contributed by atoms with Gasteiger partial charge in [-0.3, -0.25) is 10.4 Å². The molecule has 0 fully saturated rings. The van der Waals surface area contributed by atoms with E-state index in [9.17, 15) is 0 Å². The van der Waals surface area contributed by atoms with E-state index in [-0.39, 0.29) is 11.3 Å². The van der Waals surface area contributed by atoms with E-state index in [1.54, 1.807) is 0 Å². The molecule has 1 heterocycles. The monoisotopic (exact) mass is 395 g/mol. The molecule has 3 aromatic rings. The number of nitrogen functional groups attached to an aromatic ring is 1. The number of nitrogens with two attached hydrogens (primary N) is 1. The zero-order chi connectivity index (χ0) is 21.3. The zero-order valence-electron chi connectivity index (χ0n) is 17.9. The highest BCUT2D eigenvalue weighted by Crippen LogP contribution is 2.41. The first-order valence-electron chi connectivity index (χ1n) is 10.6. The second-order valence-electron chi connectivity index (χ2n) is 8.85. The molecule has 0 aromatic heterocycles. The van der Waals surface area contributed by atoms with Gasteiger partial charge in [0.05, 0.1) is 0 Å². The molecule has 0 radical (unpaired) electrons. The Hall–Kier alpha value is -3.20. The number of benzene rings is 3. The van der Waals surface area contributed by atoms with E-state index in [0.29, 0.717) is 5.92 Å². The third-order valence-corrected chi connectivity index (χ3v) is 6.50. The average Bonchev–Trinajstić information content (AvgIpc) is 2.76. The Labute approximate surface area is 178 Å². The maximum absolute atomic E-state index is 7.60. The summed E-state index contributed by atoms with van der Waals surface area (Å²) in [6.45, 7) is 7.82. The van der Waals surface area contributed by atoms with Crippen molar-refractivity contribution in [3.05, 3.63) is 82.4 Å². The summed E-state index contributed by atoms with van der Waals surface area (Å²) in [5.41, 5.74) is 11.6. The number of hydrogen-bond donors (Lipinski definition) is 2. The molecule has 3 heteroatoms. The van der Waals surface area contributed by atoms with E-state index >= 15 is 0 Å². The Bertz CT molecular complexity index is 1170. The Morgan fingerprint density at radius 2 is 1.70 bits per heavy atom. The molecule has 4 rings (SSSR count). The van der Waals surface area contributed by atoms with Gasteiger partial charge in [0.2, 0.25) is 0 Å². The first kappa shape index (κ1) is 20.1. The largest absolute Gasteiger partial charge is 0.384 e. The van der Waals surface area contributed by atoms with Crippen LogP contribution in [-0.2, 0) is 0 Å². The zero-order valence-corrected chi connectivity index (χ0v) is 17.9. The van der Waals surface area contributed by atoms with Gasteiger partial charge in [-0.1, -0.05) is 81.8 Å². The number of aliphatic imine (C=N–C) groups is 1. The van der Waals surface area contributed by atoms with Gasteiger partial charge < -0.3 is 5.73 Å². The minimum atomic E-state index is 0.0999. The molecule has 3 N–H and O–H groups in total. The lowest BCUT2D eigenvalue weighted by Crippen LogP contribution is -2.27. The molecule has 1 unspecified atom stereocenters. The van der Waals surface area contributed by atoms with E-state index in [4.69, 9.17) is 11.1 Å². The minimum Gasteiger partial charge on any atom is -0.384 e. The van der Waals surface area contributed by atoms with Crippen molar-refractivity contribution in [2.24, 2.45) is 16.1 Å². The van der Waals surface area contributed by atoms with Gasteiger partial charge in [-0.05, 0) is 50.6 Å². The molecule has 30 heavy (non-hydrogen) atoms. The number of hydrogen-bond acceptors (Lipinski definition) is 2. The van der Waals surface area contributed by atoms with Crippen molar-refractivity contribution in [1.82, 2.24) is 0 Å². The van der Waals surface area contributed by atoms with Gasteiger partial charge in [-0.25, -0.2) is 0 Å². The smallest absolute Gasteiger partial charge is 0.122 e. The molecular weight excluding hydrogens is 366 g/mol. The number of amidine groups is 1. The van der Waals surface area contributed by atoms with Crippen LogP contribution in [0.3, 0.4) is 0 Å². The number of fused-ring (bicyclic) bond motifs is 2. The lowest BCUT2D eigenvalue weighted by atomic mass is 9.71. The topological polar surface area (TPSA) is 62.2 Å². The van der Waals surface area contributed by atoms with Gasteiger partial charge in [0.1, 0.15) is 5.84 Å². The third kappa shape index (κ3) is 3.93.